The molecule has 0 amide bonds. The fourth-order valence-electron chi connectivity index (χ4n) is 1.33. The first kappa shape index (κ1) is 14.6. The molecule has 2 nitrogen and oxygen atoms in total. The van der Waals surface area contributed by atoms with E-state index in [0.717, 1.165) is 35.0 Å². The van der Waals surface area contributed by atoms with Crippen molar-refractivity contribution >= 4 is 46.4 Å². The molecule has 0 atom stereocenters. The number of hydrogen-bond donors (Lipinski definition) is 2. The predicted molar refractivity (Wildman–Crippen MR) is 83.4 cm³/mol. The van der Waals surface area contributed by atoms with Gasteiger partial charge in [-0.1, -0.05) is 17.7 Å². The van der Waals surface area contributed by atoms with Crippen molar-refractivity contribution in [1.82, 2.24) is 5.32 Å². The number of nitrogens with one attached hydrogen (secondary N) is 2. The van der Waals surface area contributed by atoms with Crippen LogP contribution in [0.3, 0.4) is 0 Å². The number of benzene rings is 1. The minimum absolute atomic E-state index is 0.650. The van der Waals surface area contributed by atoms with Gasteiger partial charge in [0.2, 0.25) is 0 Å². The molecule has 5 heteroatoms. The molecule has 0 heterocycles. The highest BCUT2D eigenvalue weighted by atomic mass is 35.5. The Kier molecular flexibility index (Phi) is 6.70. The SMILES string of the molecule is CSCCCNC(=S)Nc1cccc(Cl)c1C. The van der Waals surface area contributed by atoms with Crippen molar-refractivity contribution in [1.29, 1.82) is 0 Å². The van der Waals surface area contributed by atoms with Crippen LogP contribution in [0, 0.1) is 6.92 Å². The van der Waals surface area contributed by atoms with Crippen LogP contribution in [0.5, 0.6) is 0 Å². The van der Waals surface area contributed by atoms with E-state index < -0.39 is 0 Å². The van der Waals surface area contributed by atoms with Crippen LogP contribution in [0.25, 0.3) is 0 Å². The van der Waals surface area contributed by atoms with Crippen LogP contribution in [0.4, 0.5) is 5.69 Å². The quantitative estimate of drug-likeness (QED) is 0.637. The molecule has 0 aromatic heterocycles. The molecule has 1 aromatic rings. The number of anilines is 1. The Hall–Kier alpha value is -0.450. The Balaban J connectivity index is 2.43. The third-order valence-electron chi connectivity index (χ3n) is 2.33. The first-order chi connectivity index (χ1) is 8.15. The van der Waals surface area contributed by atoms with Gasteiger partial charge in [-0.25, -0.2) is 0 Å². The van der Waals surface area contributed by atoms with Crippen LogP contribution in [-0.4, -0.2) is 23.7 Å². The van der Waals surface area contributed by atoms with Gasteiger partial charge in [0.1, 0.15) is 0 Å². The normalized spacial score (nSPS) is 10.1. The Labute approximate surface area is 118 Å². The maximum Gasteiger partial charge on any atom is 0.170 e. The van der Waals surface area contributed by atoms with Gasteiger partial charge in [-0.2, -0.15) is 11.8 Å². The highest BCUT2D eigenvalue weighted by molar-refractivity contribution is 7.98. The zero-order valence-electron chi connectivity index (χ0n) is 10.0. The smallest absolute Gasteiger partial charge is 0.170 e. The lowest BCUT2D eigenvalue weighted by atomic mass is 10.2. The van der Waals surface area contributed by atoms with Gasteiger partial charge in [0.25, 0.3) is 0 Å². The summed E-state index contributed by atoms with van der Waals surface area (Å²) in [6.45, 7) is 2.87. The summed E-state index contributed by atoms with van der Waals surface area (Å²) in [6, 6.07) is 5.75. The molecule has 0 spiro atoms. The molecule has 0 aliphatic carbocycles. The van der Waals surface area contributed by atoms with E-state index in [0.29, 0.717) is 5.11 Å². The molecule has 1 aromatic carbocycles. The van der Waals surface area contributed by atoms with Crippen LogP contribution in [0.1, 0.15) is 12.0 Å². The Bertz CT molecular complexity index is 383. The molecule has 17 heavy (non-hydrogen) atoms. The third-order valence-corrected chi connectivity index (χ3v) is 3.68. The Morgan fingerprint density at radius 2 is 2.24 bits per heavy atom. The van der Waals surface area contributed by atoms with Gasteiger partial charge in [0.15, 0.2) is 5.11 Å². The summed E-state index contributed by atoms with van der Waals surface area (Å²) in [5.74, 6) is 1.14. The average Bonchev–Trinajstić information content (AvgIpc) is 2.31. The third kappa shape index (κ3) is 5.15. The maximum absolute atomic E-state index is 6.04. The minimum Gasteiger partial charge on any atom is -0.362 e. The zero-order valence-corrected chi connectivity index (χ0v) is 12.4. The molecule has 0 saturated carbocycles. The zero-order chi connectivity index (χ0) is 12.7. The van der Waals surface area contributed by atoms with E-state index in [1.165, 1.54) is 0 Å². The molecule has 0 aliphatic rings. The van der Waals surface area contributed by atoms with Gasteiger partial charge in [-0.05, 0) is 55.3 Å². The van der Waals surface area contributed by atoms with Gasteiger partial charge in [0, 0.05) is 17.3 Å². The number of halogens is 1. The van der Waals surface area contributed by atoms with E-state index in [1.54, 1.807) is 0 Å². The molecule has 0 fully saturated rings. The van der Waals surface area contributed by atoms with Gasteiger partial charge in [-0.15, -0.1) is 0 Å². The molecule has 0 saturated heterocycles. The van der Waals surface area contributed by atoms with Crippen molar-refractivity contribution in [3.63, 3.8) is 0 Å². The second-order valence-corrected chi connectivity index (χ2v) is 5.44. The van der Waals surface area contributed by atoms with Crippen LogP contribution in [0.2, 0.25) is 5.02 Å². The molecule has 0 aliphatic heterocycles. The molecule has 0 radical (unpaired) electrons. The summed E-state index contributed by atoms with van der Waals surface area (Å²) >= 11 is 13.1. The maximum atomic E-state index is 6.04. The van der Waals surface area contributed by atoms with Crippen molar-refractivity contribution in [3.8, 4) is 0 Å². The summed E-state index contributed by atoms with van der Waals surface area (Å²) in [4.78, 5) is 0. The minimum atomic E-state index is 0.650. The van der Waals surface area contributed by atoms with Gasteiger partial charge < -0.3 is 10.6 Å². The average molecular weight is 289 g/mol. The van der Waals surface area contributed by atoms with Crippen molar-refractivity contribution in [2.45, 2.75) is 13.3 Å². The molecular weight excluding hydrogens is 272 g/mol. The number of hydrogen-bond acceptors (Lipinski definition) is 2. The number of thiocarbonyl (C=S) groups is 1. The van der Waals surface area contributed by atoms with E-state index in [1.807, 2.05) is 36.9 Å². The topological polar surface area (TPSA) is 24.1 Å². The van der Waals surface area contributed by atoms with Crippen molar-refractivity contribution in [3.05, 3.63) is 28.8 Å². The predicted octanol–water partition coefficient (Wildman–Crippen LogP) is 3.69. The van der Waals surface area contributed by atoms with Crippen LogP contribution >= 0.6 is 35.6 Å². The highest BCUT2D eigenvalue weighted by Crippen LogP contribution is 2.22. The lowest BCUT2D eigenvalue weighted by molar-refractivity contribution is 0.855. The van der Waals surface area contributed by atoms with Crippen LogP contribution in [-0.2, 0) is 0 Å². The first-order valence-electron chi connectivity index (χ1n) is 5.44. The monoisotopic (exact) mass is 288 g/mol. The summed E-state index contributed by atoms with van der Waals surface area (Å²) < 4.78 is 0. The standard InChI is InChI=1S/C12H17ClN2S2/c1-9-10(13)5-3-6-11(9)15-12(16)14-7-4-8-17-2/h3,5-6H,4,7-8H2,1-2H3,(H2,14,15,16). The number of thioether (sulfide) groups is 1. The van der Waals surface area contributed by atoms with Crippen molar-refractivity contribution in [2.24, 2.45) is 0 Å². The summed E-state index contributed by atoms with van der Waals surface area (Å²) in [6.07, 6.45) is 3.21. The molecule has 1 rings (SSSR count). The second kappa shape index (κ2) is 7.80. The second-order valence-electron chi connectivity index (χ2n) is 3.64. The molecule has 0 unspecified atom stereocenters. The van der Waals surface area contributed by atoms with Gasteiger partial charge in [0.05, 0.1) is 0 Å². The summed E-state index contributed by atoms with van der Waals surface area (Å²) in [5.41, 5.74) is 1.97. The fraction of sp³-hybridized carbons (Fsp3) is 0.417. The lowest BCUT2D eigenvalue weighted by Gasteiger charge is -2.12. The lowest BCUT2D eigenvalue weighted by Crippen LogP contribution is -2.29. The van der Waals surface area contributed by atoms with Crippen LogP contribution in [0.15, 0.2) is 18.2 Å². The number of rotatable bonds is 5. The summed E-state index contributed by atoms with van der Waals surface area (Å²) in [7, 11) is 0. The highest BCUT2D eigenvalue weighted by Gasteiger charge is 2.03. The fourth-order valence-corrected chi connectivity index (χ4v) is 2.15. The first-order valence-corrected chi connectivity index (χ1v) is 7.62. The van der Waals surface area contributed by atoms with Crippen LogP contribution < -0.4 is 10.6 Å². The van der Waals surface area contributed by atoms with Crippen molar-refractivity contribution in [2.75, 3.05) is 23.9 Å². The van der Waals surface area contributed by atoms with Crippen molar-refractivity contribution < 1.29 is 0 Å². The molecule has 2 N–H and O–H groups in total. The molecule has 0 bridgehead atoms. The van der Waals surface area contributed by atoms with E-state index in [4.69, 9.17) is 23.8 Å². The van der Waals surface area contributed by atoms with E-state index >= 15 is 0 Å². The van der Waals surface area contributed by atoms with E-state index in [9.17, 15) is 0 Å². The van der Waals surface area contributed by atoms with Gasteiger partial charge >= 0.3 is 0 Å². The van der Waals surface area contributed by atoms with E-state index in [-0.39, 0.29) is 0 Å². The summed E-state index contributed by atoms with van der Waals surface area (Å²) in [5, 5.41) is 7.73. The van der Waals surface area contributed by atoms with E-state index in [2.05, 4.69) is 16.9 Å². The Morgan fingerprint density at radius 1 is 1.47 bits per heavy atom. The molecule has 94 valence electrons. The Morgan fingerprint density at radius 3 is 2.94 bits per heavy atom. The largest absolute Gasteiger partial charge is 0.362 e. The molecular formula is C12H17ClN2S2. The van der Waals surface area contributed by atoms with Gasteiger partial charge in [-0.3, -0.25) is 0 Å².